The van der Waals surface area contributed by atoms with Gasteiger partial charge in [0.15, 0.2) is 0 Å². The molecule has 0 unspecified atom stereocenters. The van der Waals surface area contributed by atoms with Crippen LogP contribution >= 0.6 is 0 Å². The van der Waals surface area contributed by atoms with Crippen LogP contribution < -0.4 is 5.32 Å². The molecule has 1 N–H and O–H groups in total. The average molecular weight is 254 g/mol. The Hall–Kier alpha value is -0.910. The largest absolute Gasteiger partial charge is 0.316 e. The van der Waals surface area contributed by atoms with Crippen molar-refractivity contribution in [1.29, 1.82) is 0 Å². The summed E-state index contributed by atoms with van der Waals surface area (Å²) in [6, 6.07) is 7.32. The van der Waals surface area contributed by atoms with Crippen molar-refractivity contribution in [1.82, 2.24) is 9.62 Å². The Kier molecular flexibility index (Phi) is 3.51. The summed E-state index contributed by atoms with van der Waals surface area (Å²) in [5, 5.41) is 3.02. The Morgan fingerprint density at radius 3 is 2.71 bits per heavy atom. The highest BCUT2D eigenvalue weighted by Gasteiger charge is 2.34. The van der Waals surface area contributed by atoms with Crippen molar-refractivity contribution in [3.8, 4) is 0 Å². The molecular weight excluding hydrogens is 236 g/mol. The lowest BCUT2D eigenvalue weighted by atomic mass is 10.2. The van der Waals surface area contributed by atoms with Gasteiger partial charge in [-0.15, -0.1) is 0 Å². The van der Waals surface area contributed by atoms with Gasteiger partial charge in [-0.05, 0) is 37.6 Å². The molecule has 5 heteroatoms. The van der Waals surface area contributed by atoms with E-state index in [0.29, 0.717) is 11.4 Å². The third kappa shape index (κ3) is 2.68. The summed E-state index contributed by atoms with van der Waals surface area (Å²) in [6.07, 6.45) is 1.96. The van der Waals surface area contributed by atoms with Gasteiger partial charge in [0, 0.05) is 19.6 Å². The van der Waals surface area contributed by atoms with Crippen LogP contribution in [0.4, 0.5) is 0 Å². The van der Waals surface area contributed by atoms with Gasteiger partial charge in [0.05, 0.1) is 4.90 Å². The van der Waals surface area contributed by atoms with Crippen molar-refractivity contribution in [2.75, 3.05) is 14.1 Å². The zero-order valence-electron chi connectivity index (χ0n) is 10.2. The highest BCUT2D eigenvalue weighted by Crippen LogP contribution is 2.30. The van der Waals surface area contributed by atoms with E-state index in [9.17, 15) is 8.42 Å². The van der Waals surface area contributed by atoms with Crippen LogP contribution in [0, 0.1) is 0 Å². The zero-order chi connectivity index (χ0) is 12.5. The van der Waals surface area contributed by atoms with E-state index in [-0.39, 0.29) is 6.04 Å². The van der Waals surface area contributed by atoms with E-state index < -0.39 is 10.0 Å². The minimum atomic E-state index is -3.31. The van der Waals surface area contributed by atoms with Crippen LogP contribution in [0.2, 0.25) is 0 Å². The van der Waals surface area contributed by atoms with Crippen molar-refractivity contribution in [3.05, 3.63) is 29.8 Å². The van der Waals surface area contributed by atoms with Crippen molar-refractivity contribution in [3.63, 3.8) is 0 Å². The average Bonchev–Trinajstić information content (AvgIpc) is 3.13. The Morgan fingerprint density at radius 2 is 2.12 bits per heavy atom. The van der Waals surface area contributed by atoms with Crippen molar-refractivity contribution in [2.24, 2.45) is 0 Å². The summed E-state index contributed by atoms with van der Waals surface area (Å²) in [6.45, 7) is 0.677. The molecule has 1 saturated carbocycles. The minimum Gasteiger partial charge on any atom is -0.316 e. The van der Waals surface area contributed by atoms with Crippen LogP contribution in [0.15, 0.2) is 29.2 Å². The molecule has 1 aliphatic rings. The Balaban J connectivity index is 2.28. The van der Waals surface area contributed by atoms with Crippen LogP contribution in [-0.4, -0.2) is 32.9 Å². The maximum atomic E-state index is 12.3. The molecule has 1 fully saturated rings. The first-order chi connectivity index (χ1) is 8.05. The molecule has 0 heterocycles. The second kappa shape index (κ2) is 4.76. The van der Waals surface area contributed by atoms with Gasteiger partial charge < -0.3 is 5.32 Å². The maximum Gasteiger partial charge on any atom is 0.243 e. The lowest BCUT2D eigenvalue weighted by molar-refractivity contribution is 0.464. The van der Waals surface area contributed by atoms with Gasteiger partial charge in [0.1, 0.15) is 0 Å². The van der Waals surface area contributed by atoms with E-state index >= 15 is 0 Å². The standard InChI is InChI=1S/C12H18N2O2S/c1-13-9-10-4-3-5-12(8-10)17(15,16)14(2)11-6-7-11/h3-5,8,11,13H,6-7,9H2,1-2H3. The predicted octanol–water partition coefficient (Wildman–Crippen LogP) is 1.19. The smallest absolute Gasteiger partial charge is 0.243 e. The highest BCUT2D eigenvalue weighted by molar-refractivity contribution is 7.89. The highest BCUT2D eigenvalue weighted by atomic mass is 32.2. The van der Waals surface area contributed by atoms with Crippen LogP contribution in [-0.2, 0) is 16.6 Å². The monoisotopic (exact) mass is 254 g/mol. The molecule has 0 atom stereocenters. The van der Waals surface area contributed by atoms with E-state index in [4.69, 9.17) is 0 Å². The van der Waals surface area contributed by atoms with Gasteiger partial charge in [0.25, 0.3) is 0 Å². The van der Waals surface area contributed by atoms with Gasteiger partial charge in [-0.25, -0.2) is 8.42 Å². The van der Waals surface area contributed by atoms with Crippen molar-refractivity contribution in [2.45, 2.75) is 30.3 Å². The second-order valence-electron chi connectivity index (χ2n) is 4.43. The van der Waals surface area contributed by atoms with E-state index in [1.165, 1.54) is 4.31 Å². The first-order valence-electron chi connectivity index (χ1n) is 5.77. The van der Waals surface area contributed by atoms with Crippen LogP contribution in [0.25, 0.3) is 0 Å². The molecule has 2 rings (SSSR count). The number of nitrogens with one attached hydrogen (secondary N) is 1. The second-order valence-corrected chi connectivity index (χ2v) is 6.43. The first kappa shape index (κ1) is 12.5. The summed E-state index contributed by atoms with van der Waals surface area (Å²) < 4.78 is 26.0. The lowest BCUT2D eigenvalue weighted by Gasteiger charge is -2.16. The number of hydrogen-bond acceptors (Lipinski definition) is 3. The van der Waals surface area contributed by atoms with Gasteiger partial charge >= 0.3 is 0 Å². The van der Waals surface area contributed by atoms with E-state index in [1.54, 1.807) is 25.2 Å². The Morgan fingerprint density at radius 1 is 1.41 bits per heavy atom. The van der Waals surface area contributed by atoms with E-state index in [1.807, 2.05) is 13.1 Å². The molecule has 0 spiro atoms. The fourth-order valence-corrected chi connectivity index (χ4v) is 3.31. The molecule has 1 aliphatic carbocycles. The molecule has 1 aromatic rings. The third-order valence-corrected chi connectivity index (χ3v) is 4.92. The third-order valence-electron chi connectivity index (χ3n) is 3.02. The molecule has 0 radical (unpaired) electrons. The summed E-state index contributed by atoms with van der Waals surface area (Å²) in [5.74, 6) is 0. The van der Waals surface area contributed by atoms with Crippen molar-refractivity contribution >= 4 is 10.0 Å². The maximum absolute atomic E-state index is 12.3. The number of benzene rings is 1. The number of rotatable bonds is 5. The Bertz CT molecular complexity index is 495. The van der Waals surface area contributed by atoms with Crippen LogP contribution in [0.5, 0.6) is 0 Å². The zero-order valence-corrected chi connectivity index (χ0v) is 11.0. The summed E-state index contributed by atoms with van der Waals surface area (Å²) >= 11 is 0. The topological polar surface area (TPSA) is 49.4 Å². The van der Waals surface area contributed by atoms with Gasteiger partial charge in [0.2, 0.25) is 10.0 Å². The van der Waals surface area contributed by atoms with Gasteiger partial charge in [-0.1, -0.05) is 12.1 Å². The molecule has 0 bridgehead atoms. The normalized spacial score (nSPS) is 16.4. The SMILES string of the molecule is CNCc1cccc(S(=O)(=O)N(C)C2CC2)c1. The fourth-order valence-electron chi connectivity index (χ4n) is 1.82. The molecule has 0 amide bonds. The molecule has 0 aromatic heterocycles. The van der Waals surface area contributed by atoms with Crippen LogP contribution in [0.3, 0.4) is 0 Å². The van der Waals surface area contributed by atoms with Gasteiger partial charge in [-0.2, -0.15) is 4.31 Å². The molecule has 0 aliphatic heterocycles. The van der Waals surface area contributed by atoms with E-state index in [2.05, 4.69) is 5.32 Å². The summed E-state index contributed by atoms with van der Waals surface area (Å²) in [7, 11) is 0.198. The molecular formula is C12H18N2O2S. The number of sulfonamides is 1. The summed E-state index contributed by atoms with van der Waals surface area (Å²) in [5.41, 5.74) is 0.984. The number of nitrogens with zero attached hydrogens (tertiary/aromatic N) is 1. The number of hydrogen-bond donors (Lipinski definition) is 1. The molecule has 1 aromatic carbocycles. The molecule has 0 saturated heterocycles. The van der Waals surface area contributed by atoms with Crippen molar-refractivity contribution < 1.29 is 8.42 Å². The first-order valence-corrected chi connectivity index (χ1v) is 7.21. The van der Waals surface area contributed by atoms with Crippen LogP contribution in [0.1, 0.15) is 18.4 Å². The van der Waals surface area contributed by atoms with Gasteiger partial charge in [-0.3, -0.25) is 0 Å². The molecule has 17 heavy (non-hydrogen) atoms. The Labute approximate surface area is 103 Å². The lowest BCUT2D eigenvalue weighted by Crippen LogP contribution is -2.29. The molecule has 94 valence electrons. The summed E-state index contributed by atoms with van der Waals surface area (Å²) in [4.78, 5) is 0.389. The molecule has 4 nitrogen and oxygen atoms in total. The van der Waals surface area contributed by atoms with E-state index in [0.717, 1.165) is 18.4 Å². The quantitative estimate of drug-likeness (QED) is 0.858. The minimum absolute atomic E-state index is 0.202. The fraction of sp³-hybridized carbons (Fsp3) is 0.500. The predicted molar refractivity (Wildman–Crippen MR) is 67.2 cm³/mol.